The van der Waals surface area contributed by atoms with Gasteiger partial charge in [-0.25, -0.2) is 9.69 Å². The maximum atomic E-state index is 12.2. The van der Waals surface area contributed by atoms with E-state index in [-0.39, 0.29) is 25.7 Å². The first-order valence-corrected chi connectivity index (χ1v) is 10.9. The van der Waals surface area contributed by atoms with Crippen molar-refractivity contribution >= 4 is 41.4 Å². The van der Waals surface area contributed by atoms with Crippen molar-refractivity contribution in [1.82, 2.24) is 5.06 Å². The van der Waals surface area contributed by atoms with Crippen LogP contribution in [0.4, 0.5) is 10.5 Å². The lowest BCUT2D eigenvalue weighted by molar-refractivity contribution is -0.194. The van der Waals surface area contributed by atoms with Crippen molar-refractivity contribution in [2.45, 2.75) is 58.2 Å². The molecule has 11 heteroatoms. The number of esters is 1. The van der Waals surface area contributed by atoms with E-state index >= 15 is 0 Å². The lowest BCUT2D eigenvalue weighted by Gasteiger charge is -2.19. The molecule has 1 aromatic carbocycles. The molecule has 1 saturated heterocycles. The second-order valence-electron chi connectivity index (χ2n) is 7.61. The zero-order valence-electron chi connectivity index (χ0n) is 18.6. The van der Waals surface area contributed by atoms with Crippen LogP contribution in [-0.2, 0) is 44.7 Å². The van der Waals surface area contributed by atoms with Crippen LogP contribution in [0, 0.1) is 0 Å². The van der Waals surface area contributed by atoms with Gasteiger partial charge in [0.2, 0.25) is 0 Å². The van der Waals surface area contributed by atoms with E-state index in [1.54, 1.807) is 31.2 Å². The average molecular weight is 472 g/mol. The summed E-state index contributed by atoms with van der Waals surface area (Å²) in [5, 5.41) is 0.352. The summed E-state index contributed by atoms with van der Waals surface area (Å²) < 4.78 is 10.1. The highest BCUT2D eigenvalue weighted by Crippen LogP contribution is 2.20. The van der Waals surface area contributed by atoms with Crippen LogP contribution in [0.2, 0.25) is 0 Å². The van der Waals surface area contributed by atoms with Crippen molar-refractivity contribution in [2.75, 3.05) is 4.90 Å². The lowest BCUT2D eigenvalue weighted by Crippen LogP contribution is -2.34. The number of hydroxylamine groups is 2. The Bertz CT molecular complexity index is 982. The Hall–Kier alpha value is -4.02. The average Bonchev–Trinajstić information content (AvgIpc) is 3.29. The molecule has 1 atom stereocenters. The van der Waals surface area contributed by atoms with Crippen LogP contribution in [0.5, 0.6) is 0 Å². The minimum Gasteiger partial charge on any atom is -0.425 e. The van der Waals surface area contributed by atoms with Gasteiger partial charge in [0, 0.05) is 37.8 Å². The van der Waals surface area contributed by atoms with Gasteiger partial charge in [0.05, 0.1) is 5.69 Å². The predicted octanol–water partition coefficient (Wildman–Crippen LogP) is 2.33. The second kappa shape index (κ2) is 11.2. The maximum Gasteiger partial charge on any atom is 0.537 e. The molecule has 11 nitrogen and oxygen atoms in total. The number of carbonyl (C=O) groups is 6. The van der Waals surface area contributed by atoms with Crippen molar-refractivity contribution in [3.05, 3.63) is 42.0 Å². The fourth-order valence-corrected chi connectivity index (χ4v) is 3.35. The van der Waals surface area contributed by atoms with E-state index in [2.05, 4.69) is 4.84 Å². The minimum atomic E-state index is -1.31. The summed E-state index contributed by atoms with van der Waals surface area (Å²) in [6, 6.07) is 6.84. The molecule has 0 N–H and O–H groups in total. The molecular weight excluding hydrogens is 448 g/mol. The number of ether oxygens (including phenoxy) is 2. The van der Waals surface area contributed by atoms with Gasteiger partial charge in [0.15, 0.2) is 0 Å². The number of hydrogen-bond acceptors (Lipinski definition) is 9. The topological polar surface area (TPSA) is 137 Å². The number of nitrogens with zero attached hydrogens (tertiary/aromatic N) is 2. The third-order valence-electron chi connectivity index (χ3n) is 5.04. The summed E-state index contributed by atoms with van der Waals surface area (Å²) in [5.41, 5.74) is 1.36. The van der Waals surface area contributed by atoms with Gasteiger partial charge in [-0.05, 0) is 37.0 Å². The van der Waals surface area contributed by atoms with Crippen LogP contribution < -0.4 is 4.90 Å². The number of imide groups is 2. The van der Waals surface area contributed by atoms with Gasteiger partial charge >= 0.3 is 12.1 Å². The SMILES string of the molecule is CCCC(OC(=O)CCCc1ccc(N2C(=O)C=CC2=O)cc1)OC(=O)ON1C(=O)CCC1=O. The largest absolute Gasteiger partial charge is 0.537 e. The molecule has 2 aliphatic rings. The van der Waals surface area contributed by atoms with Crippen LogP contribution in [-0.4, -0.2) is 47.1 Å². The Morgan fingerprint density at radius 2 is 1.56 bits per heavy atom. The van der Waals surface area contributed by atoms with Crippen molar-refractivity contribution in [1.29, 1.82) is 0 Å². The number of rotatable bonds is 10. The summed E-state index contributed by atoms with van der Waals surface area (Å²) in [6.07, 6.45) is 1.60. The highest BCUT2D eigenvalue weighted by atomic mass is 16.9. The van der Waals surface area contributed by atoms with Crippen LogP contribution in [0.15, 0.2) is 36.4 Å². The van der Waals surface area contributed by atoms with Crippen molar-refractivity contribution < 1.29 is 43.1 Å². The second-order valence-corrected chi connectivity index (χ2v) is 7.61. The van der Waals surface area contributed by atoms with Gasteiger partial charge in [0.25, 0.3) is 29.9 Å². The molecule has 1 unspecified atom stereocenters. The fourth-order valence-electron chi connectivity index (χ4n) is 3.35. The number of aryl methyl sites for hydroxylation is 1. The third-order valence-corrected chi connectivity index (χ3v) is 5.04. The van der Waals surface area contributed by atoms with E-state index < -0.39 is 42.0 Å². The summed E-state index contributed by atoms with van der Waals surface area (Å²) >= 11 is 0. The molecule has 3 rings (SSSR count). The van der Waals surface area contributed by atoms with E-state index in [0.717, 1.165) is 10.5 Å². The van der Waals surface area contributed by atoms with E-state index in [0.29, 0.717) is 30.0 Å². The first-order chi connectivity index (χ1) is 16.3. The van der Waals surface area contributed by atoms with E-state index in [1.165, 1.54) is 12.2 Å². The molecular formula is C23H24N2O9. The molecule has 0 aromatic heterocycles. The zero-order chi connectivity index (χ0) is 24.7. The first kappa shape index (κ1) is 24.6. The number of benzene rings is 1. The number of amides is 4. The maximum absolute atomic E-state index is 12.2. The Kier molecular flexibility index (Phi) is 8.12. The molecule has 180 valence electrons. The summed E-state index contributed by atoms with van der Waals surface area (Å²) in [4.78, 5) is 76.2. The minimum absolute atomic E-state index is 0.0477. The quantitative estimate of drug-likeness (QED) is 0.285. The van der Waals surface area contributed by atoms with Crippen LogP contribution >= 0.6 is 0 Å². The van der Waals surface area contributed by atoms with E-state index in [1.807, 2.05) is 0 Å². The molecule has 0 bridgehead atoms. The standard InChI is InChI=1S/C23H24N2O9/c1-2-4-22(33-23(31)34-25-19(28)13-14-20(25)29)32-21(30)6-3-5-15-7-9-16(10-8-15)24-17(26)11-12-18(24)27/h7-12,22H,2-6,13-14H2,1H3. The van der Waals surface area contributed by atoms with Gasteiger partial charge in [0.1, 0.15) is 0 Å². The summed E-state index contributed by atoms with van der Waals surface area (Å²) in [5.74, 6) is -2.67. The van der Waals surface area contributed by atoms with Gasteiger partial charge in [-0.1, -0.05) is 24.1 Å². The van der Waals surface area contributed by atoms with Gasteiger partial charge in [-0.2, -0.15) is 0 Å². The van der Waals surface area contributed by atoms with Crippen molar-refractivity contribution in [3.8, 4) is 0 Å². The predicted molar refractivity (Wildman–Crippen MR) is 114 cm³/mol. The Morgan fingerprint density at radius 1 is 0.941 bits per heavy atom. The number of anilines is 1. The number of carbonyl (C=O) groups excluding carboxylic acids is 6. The van der Waals surface area contributed by atoms with Crippen LogP contribution in [0.25, 0.3) is 0 Å². The molecule has 1 aromatic rings. The third kappa shape index (κ3) is 6.27. The molecule has 1 fully saturated rings. The Balaban J connectivity index is 1.43. The summed E-state index contributed by atoms with van der Waals surface area (Å²) in [7, 11) is 0. The molecule has 0 aliphatic carbocycles. The molecule has 2 aliphatic heterocycles. The Labute approximate surface area is 195 Å². The highest BCUT2D eigenvalue weighted by Gasteiger charge is 2.34. The zero-order valence-corrected chi connectivity index (χ0v) is 18.6. The van der Waals surface area contributed by atoms with Gasteiger partial charge in [-0.3, -0.25) is 28.8 Å². The van der Waals surface area contributed by atoms with Crippen LogP contribution in [0.1, 0.15) is 51.0 Å². The molecule has 4 amide bonds. The van der Waals surface area contributed by atoms with Gasteiger partial charge < -0.3 is 9.47 Å². The molecule has 34 heavy (non-hydrogen) atoms. The first-order valence-electron chi connectivity index (χ1n) is 10.9. The normalized spacial score (nSPS) is 16.3. The van der Waals surface area contributed by atoms with Crippen molar-refractivity contribution in [3.63, 3.8) is 0 Å². The van der Waals surface area contributed by atoms with Gasteiger partial charge in [-0.15, -0.1) is 0 Å². The lowest BCUT2D eigenvalue weighted by atomic mass is 10.1. The smallest absolute Gasteiger partial charge is 0.425 e. The Morgan fingerprint density at radius 3 is 2.15 bits per heavy atom. The van der Waals surface area contributed by atoms with E-state index in [4.69, 9.17) is 9.47 Å². The molecule has 2 heterocycles. The molecule has 0 spiro atoms. The van der Waals surface area contributed by atoms with E-state index in [9.17, 15) is 28.8 Å². The molecule has 0 radical (unpaired) electrons. The molecule has 0 saturated carbocycles. The number of hydrogen-bond donors (Lipinski definition) is 0. The van der Waals surface area contributed by atoms with Crippen molar-refractivity contribution in [2.24, 2.45) is 0 Å². The van der Waals surface area contributed by atoms with Crippen LogP contribution in [0.3, 0.4) is 0 Å². The summed E-state index contributed by atoms with van der Waals surface area (Å²) in [6.45, 7) is 1.80. The monoisotopic (exact) mass is 472 g/mol. The fraction of sp³-hybridized carbons (Fsp3) is 0.391. The highest BCUT2D eigenvalue weighted by molar-refractivity contribution is 6.28.